The molecule has 1 aromatic rings. The standard InChI is InChI=1S/C16H23NO3/c1-4-17(11(2)9-16(18)19)15-8-6-12-5-7-13(20-3)10-14(12)15/h5,7,10-11,15H,4,6,8-9H2,1-3H3,(H,18,19). The molecule has 2 atom stereocenters. The average Bonchev–Trinajstić information content (AvgIpc) is 2.82. The Bertz CT molecular complexity index is 487. The van der Waals surface area contributed by atoms with Gasteiger partial charge < -0.3 is 9.84 Å². The molecule has 0 saturated heterocycles. The van der Waals surface area contributed by atoms with Crippen LogP contribution in [0.4, 0.5) is 0 Å². The highest BCUT2D eigenvalue weighted by molar-refractivity contribution is 5.67. The summed E-state index contributed by atoms with van der Waals surface area (Å²) in [6.45, 7) is 4.95. The molecule has 0 aliphatic heterocycles. The van der Waals surface area contributed by atoms with Gasteiger partial charge in [-0.3, -0.25) is 9.69 Å². The summed E-state index contributed by atoms with van der Waals surface area (Å²) in [5.41, 5.74) is 2.65. The molecule has 2 rings (SSSR count). The van der Waals surface area contributed by atoms with Gasteiger partial charge >= 0.3 is 5.97 Å². The van der Waals surface area contributed by atoms with E-state index in [2.05, 4.69) is 24.0 Å². The first-order valence-electron chi connectivity index (χ1n) is 7.21. The van der Waals surface area contributed by atoms with Gasteiger partial charge in [0.05, 0.1) is 13.5 Å². The summed E-state index contributed by atoms with van der Waals surface area (Å²) < 4.78 is 5.31. The van der Waals surface area contributed by atoms with Gasteiger partial charge in [-0.1, -0.05) is 13.0 Å². The summed E-state index contributed by atoms with van der Waals surface area (Å²) >= 11 is 0. The van der Waals surface area contributed by atoms with Gasteiger partial charge in [0.2, 0.25) is 0 Å². The molecule has 1 aromatic carbocycles. The molecule has 1 N–H and O–H groups in total. The zero-order chi connectivity index (χ0) is 14.7. The van der Waals surface area contributed by atoms with E-state index in [0.29, 0.717) is 6.04 Å². The number of hydrogen-bond acceptors (Lipinski definition) is 3. The summed E-state index contributed by atoms with van der Waals surface area (Å²) in [4.78, 5) is 13.2. The highest BCUT2D eigenvalue weighted by atomic mass is 16.5. The van der Waals surface area contributed by atoms with Crippen LogP contribution in [-0.4, -0.2) is 35.7 Å². The predicted molar refractivity (Wildman–Crippen MR) is 78.2 cm³/mol. The first-order chi connectivity index (χ1) is 9.56. The molecule has 1 aliphatic carbocycles. The fourth-order valence-corrected chi connectivity index (χ4v) is 3.24. The molecular formula is C16H23NO3. The van der Waals surface area contributed by atoms with Gasteiger partial charge in [0, 0.05) is 12.1 Å². The number of nitrogens with zero attached hydrogens (tertiary/aromatic N) is 1. The predicted octanol–water partition coefficient (Wildman–Crippen LogP) is 2.87. The molecular weight excluding hydrogens is 254 g/mol. The first-order valence-corrected chi connectivity index (χ1v) is 7.21. The molecule has 0 aromatic heterocycles. The zero-order valence-corrected chi connectivity index (χ0v) is 12.4. The number of rotatable bonds is 6. The SMILES string of the molecule is CCN(C(C)CC(=O)O)C1CCc2ccc(OC)cc21. The van der Waals surface area contributed by atoms with Gasteiger partial charge in [-0.15, -0.1) is 0 Å². The number of methoxy groups -OCH3 is 1. The third-order valence-corrected chi connectivity index (χ3v) is 4.20. The van der Waals surface area contributed by atoms with Gasteiger partial charge in [-0.2, -0.15) is 0 Å². The molecule has 0 saturated carbocycles. The smallest absolute Gasteiger partial charge is 0.304 e. The van der Waals surface area contributed by atoms with Crippen LogP contribution in [-0.2, 0) is 11.2 Å². The number of aliphatic carboxylic acids is 1. The van der Waals surface area contributed by atoms with Crippen LogP contribution in [0.2, 0.25) is 0 Å². The Morgan fingerprint density at radius 1 is 1.55 bits per heavy atom. The van der Waals surface area contributed by atoms with Crippen molar-refractivity contribution >= 4 is 5.97 Å². The van der Waals surface area contributed by atoms with Crippen molar-refractivity contribution in [2.75, 3.05) is 13.7 Å². The highest BCUT2D eigenvalue weighted by Crippen LogP contribution is 2.38. The van der Waals surface area contributed by atoms with Crippen LogP contribution in [0.1, 0.15) is 43.9 Å². The Balaban J connectivity index is 2.23. The van der Waals surface area contributed by atoms with Crippen molar-refractivity contribution in [2.24, 2.45) is 0 Å². The van der Waals surface area contributed by atoms with E-state index in [1.54, 1.807) is 7.11 Å². The van der Waals surface area contributed by atoms with Gasteiger partial charge in [0.15, 0.2) is 0 Å². The highest BCUT2D eigenvalue weighted by Gasteiger charge is 2.30. The summed E-state index contributed by atoms with van der Waals surface area (Å²) in [7, 11) is 1.68. The lowest BCUT2D eigenvalue weighted by atomic mass is 10.0. The minimum atomic E-state index is -0.736. The minimum Gasteiger partial charge on any atom is -0.497 e. The van der Waals surface area contributed by atoms with E-state index in [-0.39, 0.29) is 12.5 Å². The van der Waals surface area contributed by atoms with E-state index in [9.17, 15) is 4.79 Å². The second-order valence-corrected chi connectivity index (χ2v) is 5.40. The average molecular weight is 277 g/mol. The van der Waals surface area contributed by atoms with Crippen LogP contribution in [0.25, 0.3) is 0 Å². The van der Waals surface area contributed by atoms with Crippen molar-refractivity contribution in [2.45, 2.75) is 45.2 Å². The lowest BCUT2D eigenvalue weighted by Crippen LogP contribution is -2.37. The lowest BCUT2D eigenvalue weighted by molar-refractivity contribution is -0.138. The first kappa shape index (κ1) is 14.9. The number of carboxylic acids is 1. The maximum atomic E-state index is 10.9. The molecule has 2 unspecified atom stereocenters. The molecule has 0 bridgehead atoms. The number of fused-ring (bicyclic) bond motifs is 1. The Morgan fingerprint density at radius 3 is 2.90 bits per heavy atom. The van der Waals surface area contributed by atoms with Crippen molar-refractivity contribution in [1.29, 1.82) is 0 Å². The normalized spacial score (nSPS) is 18.9. The van der Waals surface area contributed by atoms with E-state index in [1.165, 1.54) is 11.1 Å². The number of ether oxygens (including phenoxy) is 1. The van der Waals surface area contributed by atoms with Crippen molar-refractivity contribution in [3.05, 3.63) is 29.3 Å². The molecule has 4 nitrogen and oxygen atoms in total. The maximum Gasteiger partial charge on any atom is 0.304 e. The molecule has 0 spiro atoms. The fourth-order valence-electron chi connectivity index (χ4n) is 3.24. The van der Waals surface area contributed by atoms with Crippen LogP contribution >= 0.6 is 0 Å². The molecule has 20 heavy (non-hydrogen) atoms. The Hall–Kier alpha value is -1.55. The van der Waals surface area contributed by atoms with Crippen molar-refractivity contribution in [3.8, 4) is 5.75 Å². The fraction of sp³-hybridized carbons (Fsp3) is 0.562. The topological polar surface area (TPSA) is 49.8 Å². The Labute approximate surface area is 120 Å². The Morgan fingerprint density at radius 2 is 2.30 bits per heavy atom. The molecule has 4 heteroatoms. The summed E-state index contributed by atoms with van der Waals surface area (Å²) in [6.07, 6.45) is 2.30. The molecule has 0 amide bonds. The quantitative estimate of drug-likeness (QED) is 0.868. The van der Waals surface area contributed by atoms with E-state index >= 15 is 0 Å². The Kier molecular flexibility index (Phi) is 4.65. The largest absolute Gasteiger partial charge is 0.497 e. The van der Waals surface area contributed by atoms with Gasteiger partial charge in [-0.25, -0.2) is 0 Å². The van der Waals surface area contributed by atoms with Crippen molar-refractivity contribution < 1.29 is 14.6 Å². The van der Waals surface area contributed by atoms with Crippen LogP contribution < -0.4 is 4.74 Å². The number of aryl methyl sites for hydroxylation is 1. The van der Waals surface area contributed by atoms with Crippen LogP contribution in [0, 0.1) is 0 Å². The van der Waals surface area contributed by atoms with Gasteiger partial charge in [0.1, 0.15) is 5.75 Å². The van der Waals surface area contributed by atoms with E-state index in [1.807, 2.05) is 13.0 Å². The van der Waals surface area contributed by atoms with Crippen LogP contribution in [0.5, 0.6) is 5.75 Å². The summed E-state index contributed by atoms with van der Waals surface area (Å²) in [5, 5.41) is 9.00. The van der Waals surface area contributed by atoms with Gasteiger partial charge in [-0.05, 0) is 49.6 Å². The second kappa shape index (κ2) is 6.27. The minimum absolute atomic E-state index is 0.0413. The third kappa shape index (κ3) is 2.96. The number of carbonyl (C=O) groups is 1. The van der Waals surface area contributed by atoms with Crippen molar-refractivity contribution in [1.82, 2.24) is 4.90 Å². The van der Waals surface area contributed by atoms with E-state index in [4.69, 9.17) is 9.84 Å². The molecule has 0 heterocycles. The van der Waals surface area contributed by atoms with Gasteiger partial charge in [0.25, 0.3) is 0 Å². The third-order valence-electron chi connectivity index (χ3n) is 4.20. The summed E-state index contributed by atoms with van der Waals surface area (Å²) in [6, 6.07) is 6.57. The molecule has 0 fully saturated rings. The monoisotopic (exact) mass is 277 g/mol. The summed E-state index contributed by atoms with van der Waals surface area (Å²) in [5.74, 6) is 0.136. The van der Waals surface area contributed by atoms with Crippen LogP contribution in [0.3, 0.4) is 0 Å². The number of benzene rings is 1. The maximum absolute atomic E-state index is 10.9. The zero-order valence-electron chi connectivity index (χ0n) is 12.4. The molecule has 110 valence electrons. The second-order valence-electron chi connectivity index (χ2n) is 5.40. The number of hydrogen-bond donors (Lipinski definition) is 1. The lowest BCUT2D eigenvalue weighted by Gasteiger charge is -2.33. The van der Waals surface area contributed by atoms with E-state index < -0.39 is 5.97 Å². The van der Waals surface area contributed by atoms with Crippen LogP contribution in [0.15, 0.2) is 18.2 Å². The number of carboxylic acid groups (broad SMARTS) is 1. The molecule has 0 radical (unpaired) electrons. The van der Waals surface area contributed by atoms with E-state index in [0.717, 1.165) is 25.1 Å². The molecule has 1 aliphatic rings. The van der Waals surface area contributed by atoms with Crippen molar-refractivity contribution in [3.63, 3.8) is 0 Å².